The molecule has 2 aromatic rings. The predicted molar refractivity (Wildman–Crippen MR) is 69.7 cm³/mol. The highest BCUT2D eigenvalue weighted by atomic mass is 16.1. The molecule has 0 bridgehead atoms. The van der Waals surface area contributed by atoms with Crippen LogP contribution in [0, 0.1) is 6.92 Å². The molecule has 0 radical (unpaired) electrons. The first-order chi connectivity index (χ1) is 8.60. The van der Waals surface area contributed by atoms with Crippen LogP contribution in [0.15, 0.2) is 24.4 Å². The van der Waals surface area contributed by atoms with E-state index in [-0.39, 0.29) is 5.91 Å². The Labute approximate surface area is 105 Å². The number of hydrogen-bond acceptors (Lipinski definition) is 4. The third-order valence-electron chi connectivity index (χ3n) is 2.50. The summed E-state index contributed by atoms with van der Waals surface area (Å²) < 4.78 is 1.66. The zero-order valence-electron chi connectivity index (χ0n) is 10.6. The number of nitrogens with zero attached hydrogens (tertiary/aromatic N) is 3. The number of rotatable bonds is 3. The van der Waals surface area contributed by atoms with Gasteiger partial charge in [-0.15, -0.1) is 0 Å². The van der Waals surface area contributed by atoms with Gasteiger partial charge in [0.2, 0.25) is 0 Å². The van der Waals surface area contributed by atoms with Crippen molar-refractivity contribution in [2.75, 3.05) is 17.7 Å². The summed E-state index contributed by atoms with van der Waals surface area (Å²) in [5.41, 5.74) is 1.83. The third kappa shape index (κ3) is 2.48. The second kappa shape index (κ2) is 4.87. The smallest absolute Gasteiger partial charge is 0.274 e. The van der Waals surface area contributed by atoms with Crippen LogP contribution in [0.25, 0.3) is 0 Å². The lowest BCUT2D eigenvalue weighted by Crippen LogP contribution is -2.14. The molecule has 2 N–H and O–H groups in total. The lowest BCUT2D eigenvalue weighted by atomic mass is 10.3. The van der Waals surface area contributed by atoms with Crippen LogP contribution >= 0.6 is 0 Å². The van der Waals surface area contributed by atoms with Crippen molar-refractivity contribution in [1.82, 2.24) is 14.8 Å². The van der Waals surface area contributed by atoms with E-state index in [1.807, 2.05) is 14.0 Å². The van der Waals surface area contributed by atoms with Crippen LogP contribution in [-0.4, -0.2) is 27.7 Å². The van der Waals surface area contributed by atoms with Crippen molar-refractivity contribution >= 4 is 17.4 Å². The Hall–Kier alpha value is -2.37. The molecule has 6 heteroatoms. The molecule has 2 rings (SSSR count). The maximum absolute atomic E-state index is 12.0. The van der Waals surface area contributed by atoms with E-state index in [1.165, 1.54) is 0 Å². The van der Waals surface area contributed by atoms with E-state index < -0.39 is 0 Å². The molecule has 0 saturated heterocycles. The van der Waals surface area contributed by atoms with E-state index in [2.05, 4.69) is 20.7 Å². The summed E-state index contributed by atoms with van der Waals surface area (Å²) in [5.74, 6) is 0.411. The van der Waals surface area contributed by atoms with Crippen LogP contribution < -0.4 is 10.6 Å². The van der Waals surface area contributed by atoms with Crippen molar-refractivity contribution in [3.05, 3.63) is 35.8 Å². The molecule has 0 aliphatic heterocycles. The molecule has 0 unspecified atom stereocenters. The topological polar surface area (TPSA) is 71.8 Å². The van der Waals surface area contributed by atoms with E-state index in [1.54, 1.807) is 36.1 Å². The zero-order valence-corrected chi connectivity index (χ0v) is 10.6. The van der Waals surface area contributed by atoms with Gasteiger partial charge in [-0.25, -0.2) is 4.98 Å². The molecule has 0 aliphatic rings. The fraction of sp³-hybridized carbons (Fsp3) is 0.250. The molecule has 6 nitrogen and oxygen atoms in total. The summed E-state index contributed by atoms with van der Waals surface area (Å²) in [6.45, 7) is 1.84. The number of amides is 1. The summed E-state index contributed by atoms with van der Waals surface area (Å²) in [7, 11) is 3.57. The average molecular weight is 245 g/mol. The number of anilines is 2. The minimum Gasteiger partial charge on any atom is -0.373 e. The summed E-state index contributed by atoms with van der Waals surface area (Å²) in [6.07, 6.45) is 1.76. The molecular weight excluding hydrogens is 230 g/mol. The third-order valence-corrected chi connectivity index (χ3v) is 2.50. The average Bonchev–Trinajstić information content (AvgIpc) is 2.68. The van der Waals surface area contributed by atoms with Gasteiger partial charge in [0, 0.05) is 20.3 Å². The van der Waals surface area contributed by atoms with Gasteiger partial charge in [-0.3, -0.25) is 9.48 Å². The minimum absolute atomic E-state index is 0.247. The van der Waals surface area contributed by atoms with Gasteiger partial charge in [-0.1, -0.05) is 6.07 Å². The fourth-order valence-corrected chi connectivity index (χ4v) is 1.61. The first-order valence-corrected chi connectivity index (χ1v) is 5.56. The number of hydrogen-bond donors (Lipinski definition) is 2. The number of aryl methyl sites for hydroxylation is 2. The van der Waals surface area contributed by atoms with E-state index in [0.717, 1.165) is 5.69 Å². The Morgan fingerprint density at radius 2 is 2.17 bits per heavy atom. The SMILES string of the molecule is CNc1cccc(C(=O)Nc2cn(C)nc2C)n1. The lowest BCUT2D eigenvalue weighted by molar-refractivity contribution is 0.102. The van der Waals surface area contributed by atoms with Gasteiger partial charge in [-0.05, 0) is 19.1 Å². The van der Waals surface area contributed by atoms with Crippen molar-refractivity contribution in [3.63, 3.8) is 0 Å². The van der Waals surface area contributed by atoms with Crippen molar-refractivity contribution in [3.8, 4) is 0 Å². The summed E-state index contributed by atoms with van der Waals surface area (Å²) in [4.78, 5) is 16.2. The molecule has 94 valence electrons. The molecule has 0 fully saturated rings. The molecular formula is C12H15N5O. The van der Waals surface area contributed by atoms with E-state index >= 15 is 0 Å². The van der Waals surface area contributed by atoms with Gasteiger partial charge < -0.3 is 10.6 Å². The first-order valence-electron chi connectivity index (χ1n) is 5.56. The normalized spacial score (nSPS) is 10.2. The number of carbonyl (C=O) groups is 1. The van der Waals surface area contributed by atoms with Gasteiger partial charge in [-0.2, -0.15) is 5.10 Å². The Bertz CT molecular complexity index is 576. The molecule has 0 aliphatic carbocycles. The highest BCUT2D eigenvalue weighted by Gasteiger charge is 2.11. The standard InChI is InChI=1S/C12H15N5O/c1-8-10(7-17(3)16-8)15-12(18)9-5-4-6-11(13-2)14-9/h4-7H,1-3H3,(H,13,14)(H,15,18). The van der Waals surface area contributed by atoms with Gasteiger partial charge in [0.1, 0.15) is 11.5 Å². The first kappa shape index (κ1) is 12.1. The van der Waals surface area contributed by atoms with Crippen molar-refractivity contribution < 1.29 is 4.79 Å². The maximum atomic E-state index is 12.0. The molecule has 2 aromatic heterocycles. The van der Waals surface area contributed by atoms with Crippen molar-refractivity contribution in [1.29, 1.82) is 0 Å². The second-order valence-electron chi connectivity index (χ2n) is 3.91. The summed E-state index contributed by atoms with van der Waals surface area (Å²) in [6, 6.07) is 5.25. The van der Waals surface area contributed by atoms with E-state index in [0.29, 0.717) is 17.2 Å². The van der Waals surface area contributed by atoms with Crippen LogP contribution in [0.4, 0.5) is 11.5 Å². The number of pyridine rings is 1. The Morgan fingerprint density at radius 1 is 1.39 bits per heavy atom. The molecule has 0 spiro atoms. The largest absolute Gasteiger partial charge is 0.373 e. The quantitative estimate of drug-likeness (QED) is 0.857. The van der Waals surface area contributed by atoms with Crippen LogP contribution in [0.5, 0.6) is 0 Å². The van der Waals surface area contributed by atoms with Gasteiger partial charge in [0.05, 0.1) is 11.4 Å². The Morgan fingerprint density at radius 3 is 2.78 bits per heavy atom. The minimum atomic E-state index is -0.247. The molecule has 1 amide bonds. The lowest BCUT2D eigenvalue weighted by Gasteiger charge is -2.04. The Balaban J connectivity index is 2.19. The number of aromatic nitrogens is 3. The molecule has 0 saturated carbocycles. The highest BCUT2D eigenvalue weighted by Crippen LogP contribution is 2.13. The van der Waals surface area contributed by atoms with Gasteiger partial charge in [0.25, 0.3) is 5.91 Å². The molecule has 2 heterocycles. The van der Waals surface area contributed by atoms with Crippen LogP contribution in [0.1, 0.15) is 16.2 Å². The molecule has 0 aromatic carbocycles. The monoisotopic (exact) mass is 245 g/mol. The van der Waals surface area contributed by atoms with Gasteiger partial charge >= 0.3 is 0 Å². The number of nitrogens with one attached hydrogen (secondary N) is 2. The Kier molecular flexibility index (Phi) is 3.27. The maximum Gasteiger partial charge on any atom is 0.274 e. The number of carbonyl (C=O) groups excluding carboxylic acids is 1. The van der Waals surface area contributed by atoms with Crippen LogP contribution in [0.2, 0.25) is 0 Å². The van der Waals surface area contributed by atoms with Crippen molar-refractivity contribution in [2.24, 2.45) is 7.05 Å². The van der Waals surface area contributed by atoms with Gasteiger partial charge in [0.15, 0.2) is 0 Å². The summed E-state index contributed by atoms with van der Waals surface area (Å²) in [5, 5.41) is 9.84. The van der Waals surface area contributed by atoms with E-state index in [4.69, 9.17) is 0 Å². The fourth-order valence-electron chi connectivity index (χ4n) is 1.61. The van der Waals surface area contributed by atoms with Crippen molar-refractivity contribution in [2.45, 2.75) is 6.92 Å². The second-order valence-corrected chi connectivity index (χ2v) is 3.91. The molecule has 18 heavy (non-hydrogen) atoms. The predicted octanol–water partition coefficient (Wildman–Crippen LogP) is 1.42. The highest BCUT2D eigenvalue weighted by molar-refractivity contribution is 6.03. The van der Waals surface area contributed by atoms with E-state index in [9.17, 15) is 4.79 Å². The summed E-state index contributed by atoms with van der Waals surface area (Å²) >= 11 is 0. The zero-order chi connectivity index (χ0) is 13.1. The van der Waals surface area contributed by atoms with Crippen LogP contribution in [-0.2, 0) is 7.05 Å². The molecule has 0 atom stereocenters. The van der Waals surface area contributed by atoms with Crippen LogP contribution in [0.3, 0.4) is 0 Å².